The van der Waals surface area contributed by atoms with Crippen LogP contribution in [0.3, 0.4) is 0 Å². The van der Waals surface area contributed by atoms with E-state index in [4.69, 9.17) is 5.73 Å². The molecule has 2 aliphatic heterocycles. The first-order chi connectivity index (χ1) is 16.9. The normalized spacial score (nSPS) is 18.6. The number of aliphatic imine (C=N–C) groups is 1. The molecule has 13 heteroatoms. The summed E-state index contributed by atoms with van der Waals surface area (Å²) in [6.07, 6.45) is -8.90. The maximum atomic E-state index is 13.8. The Labute approximate surface area is 204 Å². The molecule has 3 aromatic rings. The first kappa shape index (κ1) is 24.4. The first-order valence-corrected chi connectivity index (χ1v) is 11.5. The summed E-state index contributed by atoms with van der Waals surface area (Å²) >= 11 is 1.02. The number of aromatic amines is 1. The Morgan fingerprint density at radius 1 is 1.08 bits per heavy atom. The van der Waals surface area contributed by atoms with Crippen LogP contribution in [0.5, 0.6) is 0 Å². The molecular weight excluding hydrogens is 508 g/mol. The number of nitrogens with two attached hydrogens (primary N) is 1. The molecule has 188 valence electrons. The summed E-state index contributed by atoms with van der Waals surface area (Å²) in [5.74, 6) is -0.627. The Balaban J connectivity index is 1.61. The number of amidine groups is 1. The minimum atomic E-state index is -5.04. The average molecular weight is 525 g/mol. The van der Waals surface area contributed by atoms with Gasteiger partial charge in [0, 0.05) is 24.5 Å². The van der Waals surface area contributed by atoms with Crippen LogP contribution in [0.2, 0.25) is 0 Å². The number of allylic oxidation sites excluding steroid dienone is 1. The maximum Gasteiger partial charge on any atom is 0.416 e. The monoisotopic (exact) mass is 525 g/mol. The van der Waals surface area contributed by atoms with E-state index in [0.29, 0.717) is 40.8 Å². The Morgan fingerprint density at radius 3 is 2.50 bits per heavy atom. The third-order valence-corrected chi connectivity index (χ3v) is 7.09. The summed E-state index contributed by atoms with van der Waals surface area (Å²) in [4.78, 5) is 18.8. The minimum Gasteiger partial charge on any atom is -0.348 e. The molecule has 1 saturated heterocycles. The zero-order valence-corrected chi connectivity index (χ0v) is 19.1. The molecule has 36 heavy (non-hydrogen) atoms. The summed E-state index contributed by atoms with van der Waals surface area (Å²) in [6.45, 7) is 0.972. The number of halogens is 6. The van der Waals surface area contributed by atoms with E-state index < -0.39 is 41.4 Å². The zero-order chi connectivity index (χ0) is 25.8. The van der Waals surface area contributed by atoms with Gasteiger partial charge in [-0.15, -0.1) is 0 Å². The summed E-state index contributed by atoms with van der Waals surface area (Å²) in [5, 5.41) is 7.74. The van der Waals surface area contributed by atoms with Gasteiger partial charge in [-0.3, -0.25) is 9.89 Å². The van der Waals surface area contributed by atoms with Gasteiger partial charge in [0.2, 0.25) is 0 Å². The number of alkyl halides is 6. The molecule has 2 aromatic carbocycles. The average Bonchev–Trinajstić information content (AvgIpc) is 3.39. The highest BCUT2D eigenvalue weighted by molar-refractivity contribution is 8.18. The fourth-order valence-electron chi connectivity index (χ4n) is 4.10. The molecule has 2 aliphatic rings. The molecule has 0 saturated carbocycles. The van der Waals surface area contributed by atoms with Crippen LogP contribution >= 0.6 is 11.8 Å². The van der Waals surface area contributed by atoms with E-state index in [0.717, 1.165) is 17.8 Å². The van der Waals surface area contributed by atoms with E-state index in [1.807, 2.05) is 0 Å². The number of carbonyl (C=O) groups is 1. The van der Waals surface area contributed by atoms with Crippen LogP contribution in [0.1, 0.15) is 22.3 Å². The largest absolute Gasteiger partial charge is 0.416 e. The first-order valence-electron chi connectivity index (χ1n) is 10.7. The highest BCUT2D eigenvalue weighted by Gasteiger charge is 2.39. The standard InChI is InChI=1S/C23H17F6N5OS/c24-22(25,26)14-3-1-12(17(7-14)23(27,28)29)6-16(11-2-4-18-13(5-11)8-31-33-18)19-20(35)32-21(36-19)34-9-15(30)10-34/h1-5,7-8,15H,6,9-10,30H2,(H,31,33). The molecule has 1 amide bonds. The molecule has 1 aromatic heterocycles. The van der Waals surface area contributed by atoms with Crippen molar-refractivity contribution >= 4 is 39.3 Å². The van der Waals surface area contributed by atoms with E-state index in [1.54, 1.807) is 23.1 Å². The predicted molar refractivity (Wildman–Crippen MR) is 123 cm³/mol. The second-order valence-corrected chi connectivity index (χ2v) is 9.47. The number of hydrogen-bond donors (Lipinski definition) is 2. The SMILES string of the molecule is NC1CN(C2=NC(=O)C(=C(Cc3ccc(C(F)(F)F)cc3C(F)(F)F)c3ccc4[nH]ncc4c3)S2)C1. The summed E-state index contributed by atoms with van der Waals surface area (Å²) < 4.78 is 81.0. The number of carbonyl (C=O) groups excluding carboxylic acids is 1. The van der Waals surface area contributed by atoms with Gasteiger partial charge in [-0.1, -0.05) is 12.1 Å². The molecule has 0 radical (unpaired) electrons. The molecule has 5 rings (SSSR count). The number of hydrogen-bond acceptors (Lipinski definition) is 5. The van der Waals surface area contributed by atoms with Gasteiger partial charge in [-0.2, -0.15) is 36.4 Å². The summed E-state index contributed by atoms with van der Waals surface area (Å²) in [7, 11) is 0. The molecular formula is C23H17F6N5OS. The molecule has 1 fully saturated rings. The quantitative estimate of drug-likeness (QED) is 0.378. The lowest BCUT2D eigenvalue weighted by molar-refractivity contribution is -0.143. The van der Waals surface area contributed by atoms with Crippen molar-refractivity contribution in [1.82, 2.24) is 15.1 Å². The van der Waals surface area contributed by atoms with E-state index in [-0.39, 0.29) is 22.6 Å². The number of nitrogens with zero attached hydrogens (tertiary/aromatic N) is 3. The van der Waals surface area contributed by atoms with Crippen molar-refractivity contribution in [2.75, 3.05) is 13.1 Å². The Morgan fingerprint density at radius 2 is 1.83 bits per heavy atom. The van der Waals surface area contributed by atoms with Crippen LogP contribution in [0.25, 0.3) is 16.5 Å². The Hall–Kier alpha value is -3.32. The zero-order valence-electron chi connectivity index (χ0n) is 18.2. The van der Waals surface area contributed by atoms with Gasteiger partial charge in [0.05, 0.1) is 27.7 Å². The fraction of sp³-hybridized carbons (Fsp3) is 0.261. The molecule has 0 atom stereocenters. The van der Waals surface area contributed by atoms with Gasteiger partial charge >= 0.3 is 12.4 Å². The van der Waals surface area contributed by atoms with Gasteiger partial charge in [0.25, 0.3) is 5.91 Å². The number of benzene rings is 2. The van der Waals surface area contributed by atoms with Crippen molar-refractivity contribution in [2.45, 2.75) is 24.8 Å². The van der Waals surface area contributed by atoms with Crippen molar-refractivity contribution in [1.29, 1.82) is 0 Å². The van der Waals surface area contributed by atoms with Gasteiger partial charge < -0.3 is 10.6 Å². The highest BCUT2D eigenvalue weighted by Crippen LogP contribution is 2.42. The summed E-state index contributed by atoms with van der Waals surface area (Å²) in [5.41, 5.74) is 3.93. The van der Waals surface area contributed by atoms with Gasteiger partial charge in [0.15, 0.2) is 5.17 Å². The molecule has 0 bridgehead atoms. The lowest BCUT2D eigenvalue weighted by Gasteiger charge is -2.37. The lowest BCUT2D eigenvalue weighted by Crippen LogP contribution is -2.56. The third kappa shape index (κ3) is 4.60. The van der Waals surface area contributed by atoms with Gasteiger partial charge in [-0.25, -0.2) is 0 Å². The van der Waals surface area contributed by atoms with E-state index in [2.05, 4.69) is 15.2 Å². The van der Waals surface area contributed by atoms with Crippen molar-refractivity contribution in [3.05, 3.63) is 69.8 Å². The second kappa shape index (κ2) is 8.66. The second-order valence-electron chi connectivity index (χ2n) is 8.49. The van der Waals surface area contributed by atoms with Crippen LogP contribution in [0, 0.1) is 0 Å². The van der Waals surface area contributed by atoms with Crippen molar-refractivity contribution in [3.8, 4) is 0 Å². The number of rotatable bonds is 3. The predicted octanol–water partition coefficient (Wildman–Crippen LogP) is 4.83. The number of amides is 1. The smallest absolute Gasteiger partial charge is 0.348 e. The van der Waals surface area contributed by atoms with Crippen molar-refractivity contribution in [3.63, 3.8) is 0 Å². The van der Waals surface area contributed by atoms with Crippen LogP contribution in [0.15, 0.2) is 52.5 Å². The number of likely N-dealkylation sites (tertiary alicyclic amines) is 1. The van der Waals surface area contributed by atoms with Crippen LogP contribution in [0.4, 0.5) is 26.3 Å². The molecule has 3 heterocycles. The van der Waals surface area contributed by atoms with Crippen molar-refractivity contribution in [2.24, 2.45) is 10.7 Å². The maximum absolute atomic E-state index is 13.8. The molecule has 0 aliphatic carbocycles. The number of H-pyrrole nitrogens is 1. The minimum absolute atomic E-state index is 0.0686. The lowest BCUT2D eigenvalue weighted by atomic mass is 9.92. The van der Waals surface area contributed by atoms with E-state index in [9.17, 15) is 31.1 Å². The number of nitrogens with one attached hydrogen (secondary N) is 1. The molecule has 0 unspecified atom stereocenters. The summed E-state index contributed by atoms with van der Waals surface area (Å²) in [6, 6.07) is 6.39. The molecule has 3 N–H and O–H groups in total. The molecule has 0 spiro atoms. The highest BCUT2D eigenvalue weighted by atomic mass is 32.2. The Kier molecular flexibility index (Phi) is 5.86. The topological polar surface area (TPSA) is 87.4 Å². The van der Waals surface area contributed by atoms with Gasteiger partial charge in [0.1, 0.15) is 0 Å². The van der Waals surface area contributed by atoms with Crippen LogP contribution < -0.4 is 5.73 Å². The fourth-order valence-corrected chi connectivity index (χ4v) is 5.13. The van der Waals surface area contributed by atoms with Gasteiger partial charge in [-0.05, 0) is 59.1 Å². The number of aromatic nitrogens is 2. The van der Waals surface area contributed by atoms with Crippen molar-refractivity contribution < 1.29 is 31.1 Å². The Bertz CT molecular complexity index is 1420. The van der Waals surface area contributed by atoms with Crippen LogP contribution in [-0.4, -0.2) is 45.3 Å². The molecule has 6 nitrogen and oxygen atoms in total. The van der Waals surface area contributed by atoms with E-state index >= 15 is 0 Å². The number of fused-ring (bicyclic) bond motifs is 1. The third-order valence-electron chi connectivity index (χ3n) is 5.94. The van der Waals surface area contributed by atoms with Crippen LogP contribution in [-0.2, 0) is 23.6 Å². The number of thioether (sulfide) groups is 1. The van der Waals surface area contributed by atoms with E-state index in [1.165, 1.54) is 6.20 Å².